The number of alkyl halides is 1. The van der Waals surface area contributed by atoms with Crippen molar-refractivity contribution >= 4 is 52.3 Å². The summed E-state index contributed by atoms with van der Waals surface area (Å²) in [7, 11) is 0. The highest BCUT2D eigenvalue weighted by Crippen LogP contribution is 2.29. The summed E-state index contributed by atoms with van der Waals surface area (Å²) in [6.45, 7) is 4.46. The Bertz CT molecular complexity index is 1010. The van der Waals surface area contributed by atoms with Crippen LogP contribution in [-0.4, -0.2) is 75.6 Å². The zero-order chi connectivity index (χ0) is 23.2. The van der Waals surface area contributed by atoms with Crippen LogP contribution in [0.3, 0.4) is 0 Å². The van der Waals surface area contributed by atoms with Crippen molar-refractivity contribution in [3.63, 3.8) is 0 Å². The van der Waals surface area contributed by atoms with E-state index < -0.39 is 11.3 Å². The minimum Gasteiger partial charge on any atom is -0.395 e. The number of pyridine rings is 1. The van der Waals surface area contributed by atoms with Gasteiger partial charge in [0.15, 0.2) is 0 Å². The smallest absolute Gasteiger partial charge is 0.234 e. The van der Waals surface area contributed by atoms with Gasteiger partial charge in [-0.15, -0.1) is 11.6 Å². The van der Waals surface area contributed by atoms with E-state index in [2.05, 4.69) is 35.4 Å². The van der Waals surface area contributed by atoms with E-state index in [1.165, 1.54) is 12.4 Å². The summed E-state index contributed by atoms with van der Waals surface area (Å²) in [5.41, 5.74) is 1.20. The molecule has 0 aromatic carbocycles. The second-order valence-corrected chi connectivity index (χ2v) is 8.67. The van der Waals surface area contributed by atoms with Gasteiger partial charge in [-0.05, 0) is 18.2 Å². The number of aliphatic hydroxyl groups excluding tert-OH is 1. The lowest BCUT2D eigenvalue weighted by molar-refractivity contribution is -0.118. The first-order chi connectivity index (χ1) is 16.0. The predicted molar refractivity (Wildman–Crippen MR) is 130 cm³/mol. The molecule has 2 aromatic heterocycles. The number of rotatable bonds is 7. The minimum atomic E-state index is -0.654. The summed E-state index contributed by atoms with van der Waals surface area (Å²) in [4.78, 5) is 30.0. The van der Waals surface area contributed by atoms with E-state index in [0.717, 1.165) is 37.7 Å². The lowest BCUT2D eigenvalue weighted by Gasteiger charge is -2.35. The molecule has 0 spiro atoms. The van der Waals surface area contributed by atoms with Crippen molar-refractivity contribution < 1.29 is 9.90 Å². The Balaban J connectivity index is 1.30. The number of aromatic nitrogens is 3. The van der Waals surface area contributed by atoms with Crippen LogP contribution in [0.15, 0.2) is 54.0 Å². The van der Waals surface area contributed by atoms with Crippen molar-refractivity contribution in [2.45, 2.75) is 5.38 Å². The monoisotopic (exact) mass is 489 g/mol. The van der Waals surface area contributed by atoms with E-state index in [0.29, 0.717) is 23.2 Å². The molecule has 1 fully saturated rings. The zero-order valence-electron chi connectivity index (χ0n) is 17.9. The van der Waals surface area contributed by atoms with Crippen LogP contribution in [0.2, 0.25) is 0 Å². The number of hydrogen-bond donors (Lipinski definition) is 3. The Morgan fingerprint density at radius 2 is 1.82 bits per heavy atom. The van der Waals surface area contributed by atoms with E-state index in [-0.39, 0.29) is 12.5 Å². The van der Waals surface area contributed by atoms with Gasteiger partial charge in [0.25, 0.3) is 0 Å². The molecule has 2 aromatic rings. The summed E-state index contributed by atoms with van der Waals surface area (Å²) >= 11 is 12.3. The lowest BCUT2D eigenvalue weighted by atomic mass is 9.99. The Morgan fingerprint density at radius 3 is 2.45 bits per heavy atom. The third-order valence-electron chi connectivity index (χ3n) is 5.48. The number of carbonyl (C=O) groups excluding carboxylic acids is 1. The fourth-order valence-electron chi connectivity index (χ4n) is 3.69. The summed E-state index contributed by atoms with van der Waals surface area (Å²) in [6, 6.07) is 3.88. The van der Waals surface area contributed by atoms with Crippen LogP contribution in [0, 0.1) is 5.92 Å². The maximum atomic E-state index is 12.5. The zero-order valence-corrected chi connectivity index (χ0v) is 19.4. The number of carbonyl (C=O) groups is 1. The maximum Gasteiger partial charge on any atom is 0.234 e. The number of β-amino-alcohol motifs (C(OH)–C–C–N with tert-alkyl or cyclic N) is 1. The van der Waals surface area contributed by atoms with E-state index >= 15 is 0 Å². The number of halogens is 2. The molecule has 174 valence electrons. The summed E-state index contributed by atoms with van der Waals surface area (Å²) in [6.07, 6.45) is 9.87. The van der Waals surface area contributed by atoms with Gasteiger partial charge in [-0.3, -0.25) is 9.69 Å². The molecule has 9 nitrogen and oxygen atoms in total. The topological polar surface area (TPSA) is 107 Å². The summed E-state index contributed by atoms with van der Waals surface area (Å²) in [5.74, 6) is 0.320. The van der Waals surface area contributed by atoms with Gasteiger partial charge in [-0.2, -0.15) is 0 Å². The fraction of sp³-hybridized carbons (Fsp3) is 0.364. The molecule has 0 radical (unpaired) electrons. The Kier molecular flexibility index (Phi) is 7.77. The second-order valence-electron chi connectivity index (χ2n) is 7.73. The number of nitrogens with zero attached hydrogens (tertiary/aromatic N) is 5. The molecule has 0 bridgehead atoms. The van der Waals surface area contributed by atoms with Gasteiger partial charge >= 0.3 is 0 Å². The quantitative estimate of drug-likeness (QED) is 0.509. The number of hydrogen-bond acceptors (Lipinski definition) is 8. The number of allylic oxidation sites excluding steroid dienone is 3. The molecule has 1 aliphatic heterocycles. The first-order valence-corrected chi connectivity index (χ1v) is 11.5. The fourth-order valence-corrected chi connectivity index (χ4v) is 4.39. The van der Waals surface area contributed by atoms with E-state index in [1.54, 1.807) is 24.4 Å². The van der Waals surface area contributed by atoms with Crippen LogP contribution in [0.4, 0.5) is 23.1 Å². The molecule has 1 saturated heterocycles. The SMILES string of the molecule is O=C(Nc1cnc(Nc2ccc(N3CCN(CCO)CC3)nc2)nc1)C1C(Cl)=CC=CC1Cl. The molecular formula is C22H25Cl2N7O2. The van der Waals surface area contributed by atoms with Crippen molar-refractivity contribution in [1.29, 1.82) is 0 Å². The molecule has 33 heavy (non-hydrogen) atoms. The standard InChI is InChI=1S/C22H25Cl2N7O2/c23-17-2-1-3-18(24)20(17)21(33)28-16-13-26-22(27-14-16)29-15-4-5-19(25-12-15)31-8-6-30(7-9-31)10-11-32/h1-5,12-14,17,20,32H,6-11H2,(H,28,33)(H,26,27,29). The molecule has 2 atom stereocenters. The van der Waals surface area contributed by atoms with Gasteiger partial charge in [0.2, 0.25) is 11.9 Å². The van der Waals surface area contributed by atoms with Gasteiger partial charge in [0, 0.05) is 37.8 Å². The van der Waals surface area contributed by atoms with E-state index in [4.69, 9.17) is 28.3 Å². The van der Waals surface area contributed by atoms with Gasteiger partial charge in [-0.1, -0.05) is 23.8 Å². The third kappa shape index (κ3) is 6.00. The van der Waals surface area contributed by atoms with Gasteiger partial charge in [0.1, 0.15) is 5.82 Å². The van der Waals surface area contributed by atoms with Crippen molar-refractivity contribution in [2.75, 3.05) is 54.9 Å². The predicted octanol–water partition coefficient (Wildman–Crippen LogP) is 2.58. The lowest BCUT2D eigenvalue weighted by Crippen LogP contribution is -2.47. The van der Waals surface area contributed by atoms with Gasteiger partial charge in [-0.25, -0.2) is 15.0 Å². The molecule has 4 rings (SSSR count). The highest BCUT2D eigenvalue weighted by atomic mass is 35.5. The molecule has 11 heteroatoms. The Labute approximate surface area is 202 Å². The van der Waals surface area contributed by atoms with Gasteiger partial charge < -0.3 is 20.6 Å². The number of piperazine rings is 1. The Morgan fingerprint density at radius 1 is 1.09 bits per heavy atom. The molecule has 1 amide bonds. The van der Waals surface area contributed by atoms with Gasteiger partial charge in [0.05, 0.1) is 47.9 Å². The maximum absolute atomic E-state index is 12.5. The number of nitrogens with one attached hydrogen (secondary N) is 2. The van der Waals surface area contributed by atoms with Crippen LogP contribution in [0.5, 0.6) is 0 Å². The van der Waals surface area contributed by atoms with Crippen LogP contribution >= 0.6 is 23.2 Å². The summed E-state index contributed by atoms with van der Waals surface area (Å²) in [5, 5.41) is 14.8. The molecule has 1 aliphatic carbocycles. The van der Waals surface area contributed by atoms with Crippen molar-refractivity contribution in [1.82, 2.24) is 19.9 Å². The van der Waals surface area contributed by atoms with E-state index in [9.17, 15) is 4.79 Å². The van der Waals surface area contributed by atoms with E-state index in [1.807, 2.05) is 12.1 Å². The first-order valence-electron chi connectivity index (χ1n) is 10.7. The van der Waals surface area contributed by atoms with Crippen LogP contribution < -0.4 is 15.5 Å². The molecular weight excluding hydrogens is 465 g/mol. The number of aliphatic hydroxyl groups is 1. The van der Waals surface area contributed by atoms with Crippen molar-refractivity contribution in [2.24, 2.45) is 5.92 Å². The first kappa shape index (κ1) is 23.4. The van der Waals surface area contributed by atoms with Crippen molar-refractivity contribution in [3.05, 3.63) is 54.0 Å². The second kappa shape index (κ2) is 10.9. The average Bonchev–Trinajstić information content (AvgIpc) is 2.82. The Hall–Kier alpha value is -2.72. The van der Waals surface area contributed by atoms with Crippen LogP contribution in [0.25, 0.3) is 0 Å². The molecule has 2 aliphatic rings. The van der Waals surface area contributed by atoms with Crippen molar-refractivity contribution in [3.8, 4) is 0 Å². The van der Waals surface area contributed by atoms with Crippen LogP contribution in [-0.2, 0) is 4.79 Å². The molecule has 2 unspecified atom stereocenters. The normalized spacial score (nSPS) is 20.9. The molecule has 3 heterocycles. The third-order valence-corrected chi connectivity index (χ3v) is 6.24. The average molecular weight is 490 g/mol. The largest absolute Gasteiger partial charge is 0.395 e. The highest BCUT2D eigenvalue weighted by molar-refractivity contribution is 6.34. The summed E-state index contributed by atoms with van der Waals surface area (Å²) < 4.78 is 0. The van der Waals surface area contributed by atoms with Crippen LogP contribution in [0.1, 0.15) is 0 Å². The highest BCUT2D eigenvalue weighted by Gasteiger charge is 2.30. The number of amides is 1. The molecule has 3 N–H and O–H groups in total. The number of anilines is 4. The minimum absolute atomic E-state index is 0.186. The molecule has 0 saturated carbocycles.